The van der Waals surface area contributed by atoms with E-state index in [0.717, 1.165) is 63.3 Å². The molecule has 1 aromatic heterocycles. The zero-order valence-corrected chi connectivity index (χ0v) is 23.2. The lowest BCUT2D eigenvalue weighted by Crippen LogP contribution is -2.57. The van der Waals surface area contributed by atoms with Crippen molar-refractivity contribution >= 4 is 28.9 Å². The number of nitrogens with one attached hydrogen (secondary N) is 1. The molecule has 1 spiro atoms. The first-order chi connectivity index (χ1) is 18.1. The molecule has 3 aromatic rings. The third kappa shape index (κ3) is 4.99. The maximum absolute atomic E-state index is 13.4. The number of amides is 2. The van der Waals surface area contributed by atoms with Crippen molar-refractivity contribution in [2.75, 3.05) is 7.11 Å². The molecule has 1 heterocycles. The third-order valence-corrected chi connectivity index (χ3v) is 9.40. The maximum Gasteiger partial charge on any atom is 0.252 e. The number of carbonyl (C=O) groups is 3. The van der Waals surface area contributed by atoms with Crippen molar-refractivity contribution in [2.45, 2.75) is 58.9 Å². The largest absolute Gasteiger partial charge is 0.497 e. The topological polar surface area (TPSA) is 98.5 Å². The summed E-state index contributed by atoms with van der Waals surface area (Å²) in [6.45, 7) is 5.78. The van der Waals surface area contributed by atoms with Crippen LogP contribution in [0, 0.1) is 25.2 Å². The Balaban J connectivity index is 1.28. The van der Waals surface area contributed by atoms with Crippen molar-refractivity contribution < 1.29 is 19.1 Å². The van der Waals surface area contributed by atoms with Gasteiger partial charge in [-0.15, -0.1) is 11.3 Å². The van der Waals surface area contributed by atoms with Gasteiger partial charge in [-0.05, 0) is 98.7 Å². The predicted octanol–water partition coefficient (Wildman–Crippen LogP) is 5.61. The van der Waals surface area contributed by atoms with Crippen LogP contribution >= 0.6 is 11.3 Å². The normalized spacial score (nSPS) is 21.9. The molecule has 0 bridgehead atoms. The summed E-state index contributed by atoms with van der Waals surface area (Å²) in [5.74, 6) is 0.607. The number of hydrogen-bond acceptors (Lipinski definition) is 5. The number of Topliss-reactive ketones (excluding diaryl/α,β-unsaturated/α-hetero) is 1. The van der Waals surface area contributed by atoms with E-state index in [-0.39, 0.29) is 23.3 Å². The van der Waals surface area contributed by atoms with Gasteiger partial charge in [-0.25, -0.2) is 0 Å². The molecule has 2 saturated carbocycles. The summed E-state index contributed by atoms with van der Waals surface area (Å²) in [6.07, 6.45) is 4.57. The van der Waals surface area contributed by atoms with E-state index in [4.69, 9.17) is 10.5 Å². The van der Waals surface area contributed by atoms with Gasteiger partial charge in [0.2, 0.25) is 5.91 Å². The first kappa shape index (κ1) is 26.2. The minimum atomic E-state index is -0.499. The van der Waals surface area contributed by atoms with Crippen LogP contribution in [0.25, 0.3) is 11.1 Å². The van der Waals surface area contributed by atoms with Gasteiger partial charge in [-0.3, -0.25) is 14.4 Å². The fraction of sp³-hybridized carbons (Fsp3) is 0.387. The van der Waals surface area contributed by atoms with Crippen LogP contribution < -0.4 is 15.8 Å². The third-order valence-electron chi connectivity index (χ3n) is 8.33. The second-order valence-electron chi connectivity index (χ2n) is 11.1. The Morgan fingerprint density at radius 2 is 1.68 bits per heavy atom. The zero-order chi connectivity index (χ0) is 27.2. The van der Waals surface area contributed by atoms with Gasteiger partial charge in [0.15, 0.2) is 0 Å². The Kier molecular flexibility index (Phi) is 6.90. The number of aryl methyl sites for hydroxylation is 2. The Labute approximate surface area is 227 Å². The van der Waals surface area contributed by atoms with Crippen molar-refractivity contribution in [3.63, 3.8) is 0 Å². The van der Waals surface area contributed by atoms with E-state index in [1.165, 1.54) is 0 Å². The quantitative estimate of drug-likeness (QED) is 0.396. The van der Waals surface area contributed by atoms with E-state index >= 15 is 0 Å². The summed E-state index contributed by atoms with van der Waals surface area (Å²) in [6, 6.07) is 13.6. The summed E-state index contributed by atoms with van der Waals surface area (Å²) >= 11 is 1.67. The summed E-state index contributed by atoms with van der Waals surface area (Å²) in [5.41, 5.74) is 11.0. The minimum Gasteiger partial charge on any atom is -0.497 e. The lowest BCUT2D eigenvalue weighted by molar-refractivity contribution is -0.134. The monoisotopic (exact) mass is 530 g/mol. The molecule has 38 heavy (non-hydrogen) atoms. The second-order valence-corrected chi connectivity index (χ2v) is 12.5. The average Bonchev–Trinajstić information content (AvgIpc) is 3.11. The Morgan fingerprint density at radius 3 is 2.29 bits per heavy atom. The maximum atomic E-state index is 13.4. The molecule has 0 saturated heterocycles. The smallest absolute Gasteiger partial charge is 0.252 e. The highest BCUT2D eigenvalue weighted by Crippen LogP contribution is 2.58. The van der Waals surface area contributed by atoms with Gasteiger partial charge in [0.25, 0.3) is 5.91 Å². The highest BCUT2D eigenvalue weighted by molar-refractivity contribution is 7.12. The van der Waals surface area contributed by atoms with Crippen LogP contribution in [0.5, 0.6) is 5.75 Å². The number of hydrogen-bond donors (Lipinski definition) is 2. The molecule has 2 fully saturated rings. The van der Waals surface area contributed by atoms with Crippen LogP contribution in [-0.4, -0.2) is 30.7 Å². The first-order valence-electron chi connectivity index (χ1n) is 13.1. The number of nitrogens with two attached hydrogens (primary N) is 1. The molecule has 0 aliphatic heterocycles. The molecule has 2 aromatic carbocycles. The van der Waals surface area contributed by atoms with E-state index < -0.39 is 5.91 Å². The molecule has 7 heteroatoms. The Morgan fingerprint density at radius 1 is 1.00 bits per heavy atom. The molecule has 2 aliphatic carbocycles. The van der Waals surface area contributed by atoms with Gasteiger partial charge in [-0.1, -0.05) is 24.3 Å². The lowest BCUT2D eigenvalue weighted by Gasteiger charge is -2.57. The number of ketones is 1. The van der Waals surface area contributed by atoms with Crippen LogP contribution in [0.2, 0.25) is 0 Å². The first-order valence-corrected chi connectivity index (χ1v) is 13.9. The SMILES string of the molecule is COc1cc(C(N)=O)cc(-c2ccc(Cc3c(C)sc(C)c3C(=O)NC3CC4(C3)CC(C(C)=O)C4)cc2)c1. The van der Waals surface area contributed by atoms with Crippen LogP contribution in [-0.2, 0) is 11.2 Å². The molecule has 6 nitrogen and oxygen atoms in total. The fourth-order valence-electron chi connectivity index (χ4n) is 6.24. The van der Waals surface area contributed by atoms with Crippen LogP contribution in [0.15, 0.2) is 42.5 Å². The molecule has 0 unspecified atom stereocenters. The van der Waals surface area contributed by atoms with Gasteiger partial charge >= 0.3 is 0 Å². The molecule has 5 rings (SSSR count). The summed E-state index contributed by atoms with van der Waals surface area (Å²) in [5, 5.41) is 3.27. The predicted molar refractivity (Wildman–Crippen MR) is 150 cm³/mol. The lowest BCUT2D eigenvalue weighted by atomic mass is 9.49. The van der Waals surface area contributed by atoms with E-state index in [2.05, 4.69) is 24.4 Å². The summed E-state index contributed by atoms with van der Waals surface area (Å²) < 4.78 is 5.34. The number of rotatable bonds is 8. The highest BCUT2D eigenvalue weighted by Gasteiger charge is 2.54. The molecular formula is C31H34N2O4S. The summed E-state index contributed by atoms with van der Waals surface area (Å²) in [4.78, 5) is 38.9. The van der Waals surface area contributed by atoms with Crippen LogP contribution in [0.1, 0.15) is 74.2 Å². The zero-order valence-electron chi connectivity index (χ0n) is 22.4. The summed E-state index contributed by atoms with van der Waals surface area (Å²) in [7, 11) is 1.56. The molecule has 2 aliphatic rings. The molecule has 2 amide bonds. The molecule has 0 radical (unpaired) electrons. The van der Waals surface area contributed by atoms with Crippen molar-refractivity contribution in [1.29, 1.82) is 0 Å². The molecule has 3 N–H and O–H groups in total. The molecule has 0 atom stereocenters. The number of thiophene rings is 1. The van der Waals surface area contributed by atoms with Crippen molar-refractivity contribution in [3.8, 4) is 16.9 Å². The van der Waals surface area contributed by atoms with E-state index in [0.29, 0.717) is 23.5 Å². The van der Waals surface area contributed by atoms with Gasteiger partial charge < -0.3 is 15.8 Å². The van der Waals surface area contributed by atoms with Crippen LogP contribution in [0.4, 0.5) is 0 Å². The number of ether oxygens (including phenoxy) is 1. The van der Waals surface area contributed by atoms with E-state index in [9.17, 15) is 14.4 Å². The standard InChI is InChI=1S/C31H34N2O4S/c1-17(34)24-13-31(14-24)15-25(16-31)33-30(36)28-19(3)38-18(2)27(28)9-20-5-7-21(8-6-20)22-10-23(29(32)35)12-26(11-22)37-4/h5-8,10-12,24-25H,9,13-16H2,1-4H3,(H2,32,35)(H,33,36). The molecular weight excluding hydrogens is 496 g/mol. The minimum absolute atomic E-state index is 0.0103. The van der Waals surface area contributed by atoms with Crippen LogP contribution in [0.3, 0.4) is 0 Å². The highest BCUT2D eigenvalue weighted by atomic mass is 32.1. The Hall–Kier alpha value is -3.45. The van der Waals surface area contributed by atoms with Gasteiger partial charge in [0.1, 0.15) is 11.5 Å². The van der Waals surface area contributed by atoms with Gasteiger partial charge in [-0.2, -0.15) is 0 Å². The average molecular weight is 531 g/mol. The Bertz CT molecular complexity index is 1410. The van der Waals surface area contributed by atoms with Crippen molar-refractivity contribution in [2.24, 2.45) is 17.1 Å². The van der Waals surface area contributed by atoms with Gasteiger partial charge in [0, 0.05) is 27.3 Å². The van der Waals surface area contributed by atoms with E-state index in [1.807, 2.05) is 25.1 Å². The van der Waals surface area contributed by atoms with E-state index in [1.54, 1.807) is 37.5 Å². The number of carbonyl (C=O) groups excluding carboxylic acids is 3. The fourth-order valence-corrected chi connectivity index (χ4v) is 7.31. The second kappa shape index (κ2) is 10.0. The van der Waals surface area contributed by atoms with Crippen molar-refractivity contribution in [3.05, 3.63) is 74.5 Å². The molecule has 198 valence electrons. The van der Waals surface area contributed by atoms with Gasteiger partial charge in [0.05, 0.1) is 12.7 Å². The number of methoxy groups -OCH3 is 1. The number of primary amides is 1. The number of benzene rings is 2. The van der Waals surface area contributed by atoms with Crippen molar-refractivity contribution in [1.82, 2.24) is 5.32 Å².